The molecule has 1 unspecified atom stereocenters. The summed E-state index contributed by atoms with van der Waals surface area (Å²) in [6.07, 6.45) is 6.72. The van der Waals surface area contributed by atoms with Gasteiger partial charge in [-0.05, 0) is 45.2 Å². The molecule has 1 aromatic rings. The number of rotatable bonds is 3. The highest BCUT2D eigenvalue weighted by molar-refractivity contribution is 5.35. The van der Waals surface area contributed by atoms with E-state index in [1.54, 1.807) is 0 Å². The van der Waals surface area contributed by atoms with Gasteiger partial charge < -0.3 is 15.4 Å². The van der Waals surface area contributed by atoms with Crippen molar-refractivity contribution in [3.8, 4) is 0 Å². The fourth-order valence-corrected chi connectivity index (χ4v) is 2.41. The highest BCUT2D eigenvalue weighted by Gasteiger charge is 2.37. The lowest BCUT2D eigenvalue weighted by Crippen LogP contribution is -2.25. The maximum absolute atomic E-state index is 10.4. The first kappa shape index (κ1) is 10.7. The largest absolute Gasteiger partial charge is 0.385 e. The first-order valence-electron chi connectivity index (χ1n) is 5.70. The molecule has 84 valence electrons. The van der Waals surface area contributed by atoms with Crippen LogP contribution in [0, 0.1) is 0 Å². The lowest BCUT2D eigenvalue weighted by molar-refractivity contribution is 0.0316. The summed E-state index contributed by atoms with van der Waals surface area (Å²) in [5, 5.41) is 10.4. The molecule has 15 heavy (non-hydrogen) atoms. The van der Waals surface area contributed by atoms with Crippen LogP contribution in [0.5, 0.6) is 0 Å². The quantitative estimate of drug-likeness (QED) is 0.792. The van der Waals surface area contributed by atoms with Gasteiger partial charge in [-0.2, -0.15) is 0 Å². The Morgan fingerprint density at radius 3 is 2.87 bits per heavy atom. The molecule has 1 aliphatic rings. The summed E-state index contributed by atoms with van der Waals surface area (Å²) in [5.74, 6) is 0. The number of nitrogens with two attached hydrogens (primary N) is 1. The van der Waals surface area contributed by atoms with Gasteiger partial charge in [-0.1, -0.05) is 0 Å². The summed E-state index contributed by atoms with van der Waals surface area (Å²) in [4.78, 5) is 0. The Labute approximate surface area is 90.9 Å². The molecule has 0 fully saturated rings. The van der Waals surface area contributed by atoms with Crippen LogP contribution in [-0.4, -0.2) is 16.2 Å². The molecule has 3 N–H and O–H groups in total. The van der Waals surface area contributed by atoms with Gasteiger partial charge in [-0.3, -0.25) is 0 Å². The number of aryl methyl sites for hydroxylation is 1. The van der Waals surface area contributed by atoms with Crippen molar-refractivity contribution < 1.29 is 5.11 Å². The molecule has 0 amide bonds. The van der Waals surface area contributed by atoms with Gasteiger partial charge in [-0.25, -0.2) is 0 Å². The van der Waals surface area contributed by atoms with Gasteiger partial charge in [0.05, 0.1) is 5.60 Å². The maximum atomic E-state index is 10.4. The molecule has 0 aromatic carbocycles. The van der Waals surface area contributed by atoms with Crippen LogP contribution in [0.2, 0.25) is 0 Å². The number of aromatic nitrogens is 1. The van der Waals surface area contributed by atoms with Gasteiger partial charge in [0, 0.05) is 24.0 Å². The van der Waals surface area contributed by atoms with Crippen molar-refractivity contribution >= 4 is 0 Å². The molecule has 1 aliphatic carbocycles. The summed E-state index contributed by atoms with van der Waals surface area (Å²) in [5.41, 5.74) is 7.28. The van der Waals surface area contributed by atoms with Gasteiger partial charge in [0.2, 0.25) is 0 Å². The molecule has 3 nitrogen and oxygen atoms in total. The van der Waals surface area contributed by atoms with Crippen LogP contribution in [-0.2, 0) is 12.0 Å². The third-order valence-corrected chi connectivity index (χ3v) is 3.39. The van der Waals surface area contributed by atoms with E-state index in [0.29, 0.717) is 19.0 Å². The normalized spacial score (nSPS) is 24.9. The third kappa shape index (κ3) is 1.70. The average Bonchev–Trinajstić information content (AvgIpc) is 2.69. The van der Waals surface area contributed by atoms with E-state index in [1.807, 2.05) is 0 Å². The van der Waals surface area contributed by atoms with Crippen molar-refractivity contribution in [2.45, 2.75) is 44.8 Å². The molecular formula is C12H20N2O. The Morgan fingerprint density at radius 2 is 2.27 bits per heavy atom. The molecule has 0 saturated carbocycles. The van der Waals surface area contributed by atoms with Crippen molar-refractivity contribution in [2.24, 2.45) is 5.73 Å². The Balaban J connectivity index is 2.33. The highest BCUT2D eigenvalue weighted by atomic mass is 16.3. The standard InChI is InChI=1S/C12H20N2O/c1-9(2)14-7-10-3-4-12(15,5-6-13)11(10)8-14/h7-9,15H,3-6,13H2,1-2H3. The van der Waals surface area contributed by atoms with E-state index in [1.165, 1.54) is 5.56 Å². The van der Waals surface area contributed by atoms with Crippen molar-refractivity contribution in [2.75, 3.05) is 6.54 Å². The third-order valence-electron chi connectivity index (χ3n) is 3.39. The second-order valence-electron chi connectivity index (χ2n) is 4.81. The predicted octanol–water partition coefficient (Wildman–Crippen LogP) is 1.55. The van der Waals surface area contributed by atoms with Crippen LogP contribution < -0.4 is 5.73 Å². The van der Waals surface area contributed by atoms with E-state index in [-0.39, 0.29) is 0 Å². The topological polar surface area (TPSA) is 51.2 Å². The summed E-state index contributed by atoms with van der Waals surface area (Å²) in [7, 11) is 0. The zero-order valence-electron chi connectivity index (χ0n) is 9.53. The molecule has 2 rings (SSSR count). The number of hydrogen-bond donors (Lipinski definition) is 2. The average molecular weight is 208 g/mol. The summed E-state index contributed by atoms with van der Waals surface area (Å²) < 4.78 is 2.17. The zero-order chi connectivity index (χ0) is 11.1. The molecule has 1 atom stereocenters. The number of hydrogen-bond acceptors (Lipinski definition) is 2. The number of fused-ring (bicyclic) bond motifs is 1. The van der Waals surface area contributed by atoms with Crippen LogP contribution in [0.15, 0.2) is 12.4 Å². The Hall–Kier alpha value is -0.800. The Kier molecular flexibility index (Phi) is 2.61. The lowest BCUT2D eigenvalue weighted by Gasteiger charge is -2.22. The molecule has 1 aromatic heterocycles. The smallest absolute Gasteiger partial charge is 0.0929 e. The van der Waals surface area contributed by atoms with Gasteiger partial charge in [0.25, 0.3) is 0 Å². The summed E-state index contributed by atoms with van der Waals surface area (Å²) in [6.45, 7) is 4.84. The van der Waals surface area contributed by atoms with E-state index in [4.69, 9.17) is 5.73 Å². The van der Waals surface area contributed by atoms with Crippen LogP contribution in [0.4, 0.5) is 0 Å². The van der Waals surface area contributed by atoms with Crippen molar-refractivity contribution in [3.05, 3.63) is 23.5 Å². The van der Waals surface area contributed by atoms with Crippen LogP contribution in [0.3, 0.4) is 0 Å². The Bertz CT molecular complexity index is 357. The molecule has 1 heterocycles. The van der Waals surface area contributed by atoms with Gasteiger partial charge in [0.1, 0.15) is 0 Å². The summed E-state index contributed by atoms with van der Waals surface area (Å²) >= 11 is 0. The second kappa shape index (κ2) is 3.65. The SMILES string of the molecule is CC(C)n1cc2c(c1)C(O)(CCN)CC2. The Morgan fingerprint density at radius 1 is 1.53 bits per heavy atom. The molecular weight excluding hydrogens is 188 g/mol. The summed E-state index contributed by atoms with van der Waals surface area (Å²) in [6, 6.07) is 0.456. The molecule has 0 radical (unpaired) electrons. The fraction of sp³-hybridized carbons (Fsp3) is 0.667. The van der Waals surface area contributed by atoms with Crippen molar-refractivity contribution in [3.63, 3.8) is 0 Å². The molecule has 0 bridgehead atoms. The number of nitrogens with zero attached hydrogens (tertiary/aromatic N) is 1. The lowest BCUT2D eigenvalue weighted by atomic mass is 9.94. The number of aliphatic hydroxyl groups is 1. The van der Waals surface area contributed by atoms with E-state index < -0.39 is 5.60 Å². The minimum absolute atomic E-state index is 0.456. The minimum atomic E-state index is -0.662. The zero-order valence-corrected chi connectivity index (χ0v) is 9.53. The van der Waals surface area contributed by atoms with Crippen LogP contribution in [0.25, 0.3) is 0 Å². The van der Waals surface area contributed by atoms with E-state index in [0.717, 1.165) is 18.4 Å². The van der Waals surface area contributed by atoms with Crippen molar-refractivity contribution in [1.82, 2.24) is 4.57 Å². The van der Waals surface area contributed by atoms with Gasteiger partial charge >= 0.3 is 0 Å². The van der Waals surface area contributed by atoms with Crippen LogP contribution >= 0.6 is 0 Å². The van der Waals surface area contributed by atoms with Crippen LogP contribution in [0.1, 0.15) is 43.9 Å². The van der Waals surface area contributed by atoms with E-state index in [9.17, 15) is 5.11 Å². The van der Waals surface area contributed by atoms with Gasteiger partial charge in [-0.15, -0.1) is 0 Å². The maximum Gasteiger partial charge on any atom is 0.0929 e. The second-order valence-corrected chi connectivity index (χ2v) is 4.81. The predicted molar refractivity (Wildman–Crippen MR) is 60.7 cm³/mol. The highest BCUT2D eigenvalue weighted by Crippen LogP contribution is 2.40. The van der Waals surface area contributed by atoms with E-state index >= 15 is 0 Å². The first-order valence-corrected chi connectivity index (χ1v) is 5.70. The first-order chi connectivity index (χ1) is 7.07. The molecule has 0 saturated heterocycles. The molecule has 3 heteroatoms. The van der Waals surface area contributed by atoms with Crippen molar-refractivity contribution in [1.29, 1.82) is 0 Å². The molecule has 0 spiro atoms. The van der Waals surface area contributed by atoms with E-state index in [2.05, 4.69) is 30.8 Å². The minimum Gasteiger partial charge on any atom is -0.385 e. The monoisotopic (exact) mass is 208 g/mol. The molecule has 0 aliphatic heterocycles. The van der Waals surface area contributed by atoms with Gasteiger partial charge in [0.15, 0.2) is 0 Å². The fourth-order valence-electron chi connectivity index (χ4n) is 2.41.